The summed E-state index contributed by atoms with van der Waals surface area (Å²) in [4.78, 5) is 23.2. The Morgan fingerprint density at radius 3 is 2.29 bits per heavy atom. The van der Waals surface area contributed by atoms with Crippen LogP contribution in [0.3, 0.4) is 0 Å². The number of rotatable bonds is 5. The van der Waals surface area contributed by atoms with Gasteiger partial charge in [0.25, 0.3) is 0 Å². The highest BCUT2D eigenvalue weighted by Crippen LogP contribution is 2.37. The highest BCUT2D eigenvalue weighted by molar-refractivity contribution is 6.01. The maximum Gasteiger partial charge on any atom is 0.311 e. The van der Waals surface area contributed by atoms with Gasteiger partial charge in [0.05, 0.1) is 24.7 Å². The zero-order valence-electron chi connectivity index (χ0n) is 12.3. The molecule has 21 heavy (non-hydrogen) atoms. The fraction of sp³-hybridized carbons (Fsp3) is 0.533. The second-order valence-electron chi connectivity index (χ2n) is 5.18. The Kier molecular flexibility index (Phi) is 4.77. The van der Waals surface area contributed by atoms with Crippen molar-refractivity contribution < 1.29 is 19.2 Å². The van der Waals surface area contributed by atoms with E-state index < -0.39 is 4.92 Å². The van der Waals surface area contributed by atoms with Crippen molar-refractivity contribution >= 4 is 11.5 Å². The van der Waals surface area contributed by atoms with Gasteiger partial charge in [-0.3, -0.25) is 14.9 Å². The molecule has 0 saturated heterocycles. The molecule has 1 aromatic carbocycles. The lowest BCUT2D eigenvalue weighted by molar-refractivity contribution is -0.385. The zero-order valence-corrected chi connectivity index (χ0v) is 12.3. The van der Waals surface area contributed by atoms with Gasteiger partial charge in [-0.25, -0.2) is 0 Å². The molecule has 1 aliphatic carbocycles. The normalized spacial score (nSPS) is 15.5. The van der Waals surface area contributed by atoms with E-state index in [-0.39, 0.29) is 28.7 Å². The molecular formula is C15H19NO5. The van der Waals surface area contributed by atoms with E-state index in [2.05, 4.69) is 0 Å². The van der Waals surface area contributed by atoms with E-state index in [4.69, 9.17) is 9.47 Å². The van der Waals surface area contributed by atoms with Crippen molar-refractivity contribution in [3.8, 4) is 11.5 Å². The topological polar surface area (TPSA) is 78.7 Å². The van der Waals surface area contributed by atoms with E-state index in [1.807, 2.05) is 0 Å². The van der Waals surface area contributed by atoms with Crippen LogP contribution >= 0.6 is 0 Å². The van der Waals surface area contributed by atoms with Crippen molar-refractivity contribution in [1.82, 2.24) is 0 Å². The SMILES string of the molecule is COc1cc(OC)c([N+](=O)[O-])cc1C(=O)C1CCCCC1. The first kappa shape index (κ1) is 15.3. The number of nitro benzene ring substituents is 1. The fourth-order valence-electron chi connectivity index (χ4n) is 2.80. The van der Waals surface area contributed by atoms with Crippen LogP contribution in [0.2, 0.25) is 0 Å². The molecule has 0 aliphatic heterocycles. The Labute approximate surface area is 123 Å². The third-order valence-corrected chi connectivity index (χ3v) is 3.94. The number of carbonyl (C=O) groups excluding carboxylic acids is 1. The summed E-state index contributed by atoms with van der Waals surface area (Å²) >= 11 is 0. The highest BCUT2D eigenvalue weighted by atomic mass is 16.6. The maximum absolute atomic E-state index is 12.6. The average Bonchev–Trinajstić information content (AvgIpc) is 2.53. The molecule has 0 spiro atoms. The molecule has 1 aliphatic rings. The number of benzene rings is 1. The van der Waals surface area contributed by atoms with Crippen LogP contribution in [-0.2, 0) is 0 Å². The molecule has 0 radical (unpaired) electrons. The molecule has 0 bridgehead atoms. The van der Waals surface area contributed by atoms with Crippen LogP contribution in [0.4, 0.5) is 5.69 Å². The summed E-state index contributed by atoms with van der Waals surface area (Å²) in [5.74, 6) is 0.281. The van der Waals surface area contributed by atoms with Crippen LogP contribution in [-0.4, -0.2) is 24.9 Å². The van der Waals surface area contributed by atoms with Crippen molar-refractivity contribution in [2.75, 3.05) is 14.2 Å². The molecule has 0 heterocycles. The number of nitro groups is 1. The molecule has 0 atom stereocenters. The minimum atomic E-state index is -0.546. The lowest BCUT2D eigenvalue weighted by Crippen LogP contribution is -2.18. The first-order valence-corrected chi connectivity index (χ1v) is 7.03. The van der Waals surface area contributed by atoms with Gasteiger partial charge in [-0.2, -0.15) is 0 Å². The predicted molar refractivity (Wildman–Crippen MR) is 77.1 cm³/mol. The number of carbonyl (C=O) groups is 1. The van der Waals surface area contributed by atoms with E-state index in [1.165, 1.54) is 26.4 Å². The number of methoxy groups -OCH3 is 2. The van der Waals surface area contributed by atoms with Gasteiger partial charge in [-0.05, 0) is 12.8 Å². The van der Waals surface area contributed by atoms with E-state index in [9.17, 15) is 14.9 Å². The number of hydrogen-bond acceptors (Lipinski definition) is 5. The smallest absolute Gasteiger partial charge is 0.311 e. The second-order valence-corrected chi connectivity index (χ2v) is 5.18. The number of hydrogen-bond donors (Lipinski definition) is 0. The zero-order chi connectivity index (χ0) is 15.4. The minimum absolute atomic E-state index is 0.0688. The summed E-state index contributed by atoms with van der Waals surface area (Å²) in [5, 5.41) is 11.1. The van der Waals surface area contributed by atoms with E-state index in [0.717, 1.165) is 32.1 Å². The van der Waals surface area contributed by atoms with Crippen LogP contribution < -0.4 is 9.47 Å². The Bertz CT molecular complexity index is 549. The van der Waals surface area contributed by atoms with Gasteiger partial charge in [-0.1, -0.05) is 19.3 Å². The first-order valence-electron chi connectivity index (χ1n) is 7.03. The molecular weight excluding hydrogens is 274 g/mol. The Hall–Kier alpha value is -2.11. The number of nitrogens with zero attached hydrogens (tertiary/aromatic N) is 1. The van der Waals surface area contributed by atoms with Crippen LogP contribution in [0, 0.1) is 16.0 Å². The standard InChI is InChI=1S/C15H19NO5/c1-20-13-9-14(21-2)12(16(18)19)8-11(13)15(17)10-6-4-3-5-7-10/h8-10H,3-7H2,1-2H3. The number of ether oxygens (including phenoxy) is 2. The Morgan fingerprint density at radius 2 is 1.76 bits per heavy atom. The van der Waals surface area contributed by atoms with Gasteiger partial charge in [0.15, 0.2) is 5.78 Å². The first-order chi connectivity index (χ1) is 10.1. The van der Waals surface area contributed by atoms with Crippen molar-refractivity contribution in [2.24, 2.45) is 5.92 Å². The van der Waals surface area contributed by atoms with Gasteiger partial charge in [0, 0.05) is 18.1 Å². The molecule has 2 rings (SSSR count). The molecule has 1 aromatic rings. The fourth-order valence-corrected chi connectivity index (χ4v) is 2.80. The molecule has 6 heteroatoms. The number of ketones is 1. The quantitative estimate of drug-likeness (QED) is 0.472. The summed E-state index contributed by atoms with van der Waals surface area (Å²) in [6, 6.07) is 2.68. The van der Waals surface area contributed by atoms with E-state index in [0.29, 0.717) is 5.75 Å². The monoisotopic (exact) mass is 293 g/mol. The molecule has 0 amide bonds. The molecule has 114 valence electrons. The highest BCUT2D eigenvalue weighted by Gasteiger charge is 2.28. The molecule has 6 nitrogen and oxygen atoms in total. The van der Waals surface area contributed by atoms with E-state index >= 15 is 0 Å². The van der Waals surface area contributed by atoms with Gasteiger partial charge >= 0.3 is 5.69 Å². The van der Waals surface area contributed by atoms with Gasteiger partial charge in [-0.15, -0.1) is 0 Å². The summed E-state index contributed by atoms with van der Waals surface area (Å²) < 4.78 is 10.2. The Balaban J connectivity index is 2.43. The third-order valence-electron chi connectivity index (χ3n) is 3.94. The lowest BCUT2D eigenvalue weighted by Gasteiger charge is -2.21. The predicted octanol–water partition coefficient (Wildman–Crippen LogP) is 3.38. The van der Waals surface area contributed by atoms with Crippen LogP contribution in [0.15, 0.2) is 12.1 Å². The molecule has 1 saturated carbocycles. The van der Waals surface area contributed by atoms with E-state index in [1.54, 1.807) is 0 Å². The molecule has 0 unspecified atom stereocenters. The molecule has 1 fully saturated rings. The van der Waals surface area contributed by atoms with Crippen LogP contribution in [0.5, 0.6) is 11.5 Å². The maximum atomic E-state index is 12.6. The summed E-state index contributed by atoms with van der Waals surface area (Å²) in [6.07, 6.45) is 4.86. The minimum Gasteiger partial charge on any atom is -0.496 e. The largest absolute Gasteiger partial charge is 0.496 e. The molecule has 0 aromatic heterocycles. The number of Topliss-reactive ketones (excluding diaryl/α,β-unsaturated/α-hetero) is 1. The average molecular weight is 293 g/mol. The summed E-state index contributed by atoms with van der Waals surface area (Å²) in [5.41, 5.74) is 0.0642. The van der Waals surface area contributed by atoms with Crippen molar-refractivity contribution in [3.63, 3.8) is 0 Å². The summed E-state index contributed by atoms with van der Waals surface area (Å²) in [7, 11) is 2.79. The van der Waals surface area contributed by atoms with Gasteiger partial charge in [0.2, 0.25) is 5.75 Å². The van der Waals surface area contributed by atoms with Gasteiger partial charge in [0.1, 0.15) is 5.75 Å². The van der Waals surface area contributed by atoms with Gasteiger partial charge < -0.3 is 9.47 Å². The van der Waals surface area contributed by atoms with Crippen molar-refractivity contribution in [2.45, 2.75) is 32.1 Å². The Morgan fingerprint density at radius 1 is 1.14 bits per heavy atom. The lowest BCUT2D eigenvalue weighted by atomic mass is 9.83. The van der Waals surface area contributed by atoms with Crippen LogP contribution in [0.25, 0.3) is 0 Å². The molecule has 0 N–H and O–H groups in total. The van der Waals surface area contributed by atoms with Crippen molar-refractivity contribution in [1.29, 1.82) is 0 Å². The summed E-state index contributed by atoms with van der Waals surface area (Å²) in [6.45, 7) is 0. The third kappa shape index (κ3) is 3.15. The van der Waals surface area contributed by atoms with Crippen LogP contribution in [0.1, 0.15) is 42.5 Å². The second kappa shape index (κ2) is 6.56. The van der Waals surface area contributed by atoms with Crippen molar-refractivity contribution in [3.05, 3.63) is 27.8 Å².